The summed E-state index contributed by atoms with van der Waals surface area (Å²) in [4.78, 5) is 8.28. The van der Waals surface area contributed by atoms with Crippen LogP contribution in [0.5, 0.6) is 0 Å². The Labute approximate surface area is 98.7 Å². The predicted molar refractivity (Wildman–Crippen MR) is 62.5 cm³/mol. The minimum absolute atomic E-state index is 0.0256. The summed E-state index contributed by atoms with van der Waals surface area (Å²) < 4.78 is 5.41. The second kappa shape index (κ2) is 4.53. The van der Waals surface area contributed by atoms with Crippen molar-refractivity contribution in [2.75, 3.05) is 5.32 Å². The van der Waals surface area contributed by atoms with Crippen molar-refractivity contribution in [3.8, 4) is 0 Å². The van der Waals surface area contributed by atoms with Crippen LogP contribution in [0, 0.1) is 6.92 Å². The number of oxazole rings is 1. The van der Waals surface area contributed by atoms with E-state index in [4.69, 9.17) is 16.0 Å². The summed E-state index contributed by atoms with van der Waals surface area (Å²) >= 11 is 5.75. The van der Waals surface area contributed by atoms with Crippen LogP contribution in [0.15, 0.2) is 28.9 Å². The zero-order valence-electron chi connectivity index (χ0n) is 9.07. The van der Waals surface area contributed by atoms with Gasteiger partial charge in [0.1, 0.15) is 17.6 Å². The van der Waals surface area contributed by atoms with E-state index in [1.54, 1.807) is 18.5 Å². The molecule has 1 N–H and O–H groups in total. The van der Waals surface area contributed by atoms with Crippen molar-refractivity contribution in [2.45, 2.75) is 19.9 Å². The number of anilines is 1. The molecule has 2 heterocycles. The normalized spacial score (nSPS) is 12.4. The van der Waals surface area contributed by atoms with Crippen LogP contribution < -0.4 is 5.32 Å². The summed E-state index contributed by atoms with van der Waals surface area (Å²) in [6.45, 7) is 3.82. The summed E-state index contributed by atoms with van der Waals surface area (Å²) in [5.74, 6) is 2.19. The maximum atomic E-state index is 5.75. The number of hydrogen-bond acceptors (Lipinski definition) is 4. The maximum Gasteiger partial charge on any atom is 0.216 e. The average molecular weight is 238 g/mol. The summed E-state index contributed by atoms with van der Waals surface area (Å²) in [6, 6.07) is 3.57. The highest BCUT2D eigenvalue weighted by Crippen LogP contribution is 2.18. The quantitative estimate of drug-likeness (QED) is 0.891. The second-order valence-electron chi connectivity index (χ2n) is 3.54. The summed E-state index contributed by atoms with van der Waals surface area (Å²) in [5, 5.41) is 3.79. The molecule has 84 valence electrons. The SMILES string of the molecule is Cc1cnc(C(C)Nc2ccc(Cl)cn2)o1. The average Bonchev–Trinajstić information content (AvgIpc) is 2.68. The predicted octanol–water partition coefficient (Wildman–Crippen LogP) is 3.20. The molecule has 0 radical (unpaired) electrons. The Morgan fingerprint density at radius 3 is 2.69 bits per heavy atom. The van der Waals surface area contributed by atoms with Crippen molar-refractivity contribution in [3.63, 3.8) is 0 Å². The molecule has 2 aromatic rings. The minimum Gasteiger partial charge on any atom is -0.444 e. The van der Waals surface area contributed by atoms with Gasteiger partial charge in [0, 0.05) is 6.20 Å². The van der Waals surface area contributed by atoms with Gasteiger partial charge in [-0.1, -0.05) is 11.6 Å². The first-order chi connectivity index (χ1) is 7.65. The number of aromatic nitrogens is 2. The number of pyridine rings is 1. The van der Waals surface area contributed by atoms with E-state index in [0.717, 1.165) is 11.6 Å². The molecule has 5 heteroatoms. The van der Waals surface area contributed by atoms with Gasteiger partial charge < -0.3 is 9.73 Å². The molecule has 2 rings (SSSR count). The molecule has 0 bridgehead atoms. The minimum atomic E-state index is -0.0256. The Hall–Kier alpha value is -1.55. The van der Waals surface area contributed by atoms with Crippen molar-refractivity contribution in [3.05, 3.63) is 41.2 Å². The lowest BCUT2D eigenvalue weighted by Crippen LogP contribution is -2.07. The summed E-state index contributed by atoms with van der Waals surface area (Å²) in [6.07, 6.45) is 3.29. The first-order valence-electron chi connectivity index (χ1n) is 4.95. The zero-order chi connectivity index (χ0) is 11.5. The molecule has 0 spiro atoms. The fourth-order valence-electron chi connectivity index (χ4n) is 1.32. The van der Waals surface area contributed by atoms with Crippen LogP contribution in [0.2, 0.25) is 5.02 Å². The molecule has 0 saturated heterocycles. The monoisotopic (exact) mass is 237 g/mol. The molecule has 0 aliphatic rings. The molecule has 16 heavy (non-hydrogen) atoms. The third-order valence-electron chi connectivity index (χ3n) is 2.10. The third kappa shape index (κ3) is 2.52. The van der Waals surface area contributed by atoms with Crippen molar-refractivity contribution in [1.29, 1.82) is 0 Å². The van der Waals surface area contributed by atoms with Gasteiger partial charge in [-0.2, -0.15) is 0 Å². The number of aryl methyl sites for hydroxylation is 1. The van der Waals surface area contributed by atoms with Crippen LogP contribution in [0.25, 0.3) is 0 Å². The molecule has 0 aliphatic carbocycles. The number of nitrogens with one attached hydrogen (secondary N) is 1. The van der Waals surface area contributed by atoms with Gasteiger partial charge in [-0.05, 0) is 26.0 Å². The highest BCUT2D eigenvalue weighted by molar-refractivity contribution is 6.30. The Morgan fingerprint density at radius 2 is 2.12 bits per heavy atom. The van der Waals surface area contributed by atoms with Crippen LogP contribution in [0.3, 0.4) is 0 Å². The highest BCUT2D eigenvalue weighted by atomic mass is 35.5. The van der Waals surface area contributed by atoms with Crippen molar-refractivity contribution in [2.24, 2.45) is 0 Å². The van der Waals surface area contributed by atoms with Gasteiger partial charge in [0.15, 0.2) is 0 Å². The van der Waals surface area contributed by atoms with E-state index in [9.17, 15) is 0 Å². The Bertz CT molecular complexity index is 466. The number of hydrogen-bond donors (Lipinski definition) is 1. The topological polar surface area (TPSA) is 51.0 Å². The number of rotatable bonds is 3. The lowest BCUT2D eigenvalue weighted by atomic mass is 10.3. The molecular weight excluding hydrogens is 226 g/mol. The Balaban J connectivity index is 2.07. The molecule has 4 nitrogen and oxygen atoms in total. The van der Waals surface area contributed by atoms with Gasteiger partial charge in [0.2, 0.25) is 5.89 Å². The molecule has 0 amide bonds. The Morgan fingerprint density at radius 1 is 1.31 bits per heavy atom. The smallest absolute Gasteiger partial charge is 0.216 e. The molecular formula is C11H12ClN3O. The van der Waals surface area contributed by atoms with Gasteiger partial charge >= 0.3 is 0 Å². The molecule has 1 atom stereocenters. The van der Waals surface area contributed by atoms with Crippen molar-refractivity contribution < 1.29 is 4.42 Å². The van der Waals surface area contributed by atoms with Gasteiger partial charge in [0.25, 0.3) is 0 Å². The molecule has 0 aromatic carbocycles. The summed E-state index contributed by atoms with van der Waals surface area (Å²) in [7, 11) is 0. The zero-order valence-corrected chi connectivity index (χ0v) is 9.82. The number of halogens is 1. The lowest BCUT2D eigenvalue weighted by Gasteiger charge is -2.10. The Kier molecular flexibility index (Phi) is 3.10. The van der Waals surface area contributed by atoms with Gasteiger partial charge in [-0.25, -0.2) is 9.97 Å². The van der Waals surface area contributed by atoms with Crippen LogP contribution in [0.1, 0.15) is 24.6 Å². The fourth-order valence-corrected chi connectivity index (χ4v) is 1.43. The van der Waals surface area contributed by atoms with E-state index >= 15 is 0 Å². The van der Waals surface area contributed by atoms with Gasteiger partial charge in [-0.3, -0.25) is 0 Å². The largest absolute Gasteiger partial charge is 0.444 e. The van der Waals surface area contributed by atoms with E-state index in [0.29, 0.717) is 10.9 Å². The van der Waals surface area contributed by atoms with E-state index in [2.05, 4.69) is 15.3 Å². The van der Waals surface area contributed by atoms with Gasteiger partial charge in [-0.15, -0.1) is 0 Å². The second-order valence-corrected chi connectivity index (χ2v) is 3.97. The third-order valence-corrected chi connectivity index (χ3v) is 2.32. The molecule has 2 aromatic heterocycles. The van der Waals surface area contributed by atoms with Crippen molar-refractivity contribution >= 4 is 17.4 Å². The van der Waals surface area contributed by atoms with Crippen LogP contribution in [0.4, 0.5) is 5.82 Å². The molecule has 0 fully saturated rings. The maximum absolute atomic E-state index is 5.75. The molecule has 1 unspecified atom stereocenters. The van der Waals surface area contributed by atoms with Crippen LogP contribution in [-0.4, -0.2) is 9.97 Å². The van der Waals surface area contributed by atoms with E-state index < -0.39 is 0 Å². The standard InChI is InChI=1S/C11H12ClN3O/c1-7-5-14-11(16-7)8(2)15-10-4-3-9(12)6-13-10/h3-6,8H,1-2H3,(H,13,15). The van der Waals surface area contributed by atoms with Gasteiger partial charge in [0.05, 0.1) is 11.2 Å². The van der Waals surface area contributed by atoms with E-state index in [1.807, 2.05) is 19.9 Å². The van der Waals surface area contributed by atoms with Crippen LogP contribution >= 0.6 is 11.6 Å². The van der Waals surface area contributed by atoms with E-state index in [-0.39, 0.29) is 6.04 Å². The fraction of sp³-hybridized carbons (Fsp3) is 0.273. The molecule has 0 saturated carbocycles. The van der Waals surface area contributed by atoms with E-state index in [1.165, 1.54) is 0 Å². The molecule has 0 aliphatic heterocycles. The summed E-state index contributed by atoms with van der Waals surface area (Å²) in [5.41, 5.74) is 0. The van der Waals surface area contributed by atoms with Crippen LogP contribution in [-0.2, 0) is 0 Å². The first kappa shape index (κ1) is 11.0. The van der Waals surface area contributed by atoms with Crippen molar-refractivity contribution in [1.82, 2.24) is 9.97 Å². The lowest BCUT2D eigenvalue weighted by molar-refractivity contribution is 0.453. The first-order valence-corrected chi connectivity index (χ1v) is 5.33. The highest BCUT2D eigenvalue weighted by Gasteiger charge is 2.11. The number of nitrogens with zero attached hydrogens (tertiary/aromatic N) is 2.